The zero-order valence-corrected chi connectivity index (χ0v) is 26.8. The van der Waals surface area contributed by atoms with E-state index < -0.39 is 6.04 Å². The van der Waals surface area contributed by atoms with Crippen molar-refractivity contribution in [1.29, 1.82) is 0 Å². The minimum absolute atomic E-state index is 0.120. The molecule has 2 N–H and O–H groups in total. The Kier molecular flexibility index (Phi) is 10.2. The maximum atomic E-state index is 12.9. The highest BCUT2D eigenvalue weighted by Gasteiger charge is 2.23. The Bertz CT molecular complexity index is 1420. The van der Waals surface area contributed by atoms with E-state index in [4.69, 9.17) is 0 Å². The zero-order valence-electron chi connectivity index (χ0n) is 25.2. The Hall–Kier alpha value is -2.81. The Balaban J connectivity index is 1.57. The van der Waals surface area contributed by atoms with Gasteiger partial charge in [0, 0.05) is 22.3 Å². The molecule has 0 fully saturated rings. The lowest BCUT2D eigenvalue weighted by Gasteiger charge is -2.25. The second-order valence-corrected chi connectivity index (χ2v) is 14.2. The summed E-state index contributed by atoms with van der Waals surface area (Å²) in [5.74, 6) is 2.95. The molecule has 6 nitrogen and oxygen atoms in total. The highest BCUT2D eigenvalue weighted by atomic mass is 32.2. The largest absolute Gasteiger partial charge is 0.394 e. The van der Waals surface area contributed by atoms with Crippen molar-refractivity contribution < 1.29 is 9.90 Å². The fourth-order valence-electron chi connectivity index (χ4n) is 4.78. The molecule has 4 rings (SSSR count). The van der Waals surface area contributed by atoms with E-state index >= 15 is 0 Å². The monoisotopic (exact) mass is 590 g/mol. The molecule has 2 aromatic heterocycles. The molecular weight excluding hydrogens is 549 g/mol. The van der Waals surface area contributed by atoms with Crippen molar-refractivity contribution in [3.05, 3.63) is 80.7 Å². The molecule has 0 spiro atoms. The van der Waals surface area contributed by atoms with E-state index in [-0.39, 0.29) is 17.9 Å². The predicted octanol–water partition coefficient (Wildman–Crippen LogP) is 7.41. The smallest absolute Gasteiger partial charge is 0.263 e. The number of thiazole rings is 1. The summed E-state index contributed by atoms with van der Waals surface area (Å²) in [5.41, 5.74) is 7.35. The molecular formula is C33H42N4O2S2. The third-order valence-corrected chi connectivity index (χ3v) is 10.0. The van der Waals surface area contributed by atoms with Crippen molar-refractivity contribution in [3.63, 3.8) is 0 Å². The molecule has 0 bridgehead atoms. The number of rotatable bonds is 9. The van der Waals surface area contributed by atoms with Crippen LogP contribution in [0.1, 0.15) is 85.5 Å². The number of benzene rings is 1. The number of nitrogens with one attached hydrogen (secondary N) is 1. The molecule has 41 heavy (non-hydrogen) atoms. The van der Waals surface area contributed by atoms with Gasteiger partial charge in [-0.15, -0.1) is 11.3 Å². The van der Waals surface area contributed by atoms with Crippen molar-refractivity contribution in [2.45, 2.75) is 66.3 Å². The number of aliphatic hydroxyl groups excluding tert-OH is 1. The van der Waals surface area contributed by atoms with Gasteiger partial charge >= 0.3 is 0 Å². The number of hydrogen-bond donors (Lipinski definition) is 2. The van der Waals surface area contributed by atoms with Gasteiger partial charge in [-0.1, -0.05) is 71.9 Å². The number of allylic oxidation sites excluding steroid dienone is 2. The first kappa shape index (κ1) is 31.1. The third kappa shape index (κ3) is 7.53. The Morgan fingerprint density at radius 2 is 1.85 bits per heavy atom. The van der Waals surface area contributed by atoms with Gasteiger partial charge in [-0.05, 0) is 53.7 Å². The first-order valence-electron chi connectivity index (χ1n) is 14.3. The SMILES string of the molecule is Cc1c(/C=C(/C2=CCSCC2)C(C)C(C)C)ncnc1-c1ccc(C(CO)NC(=O)c2cnc(C(C)(C)C)s2)cc1. The van der Waals surface area contributed by atoms with Crippen molar-refractivity contribution >= 4 is 35.1 Å². The van der Waals surface area contributed by atoms with Crippen LogP contribution in [0.3, 0.4) is 0 Å². The van der Waals surface area contributed by atoms with Crippen LogP contribution in [0.25, 0.3) is 17.3 Å². The topological polar surface area (TPSA) is 88.0 Å². The van der Waals surface area contributed by atoms with Gasteiger partial charge in [-0.25, -0.2) is 15.0 Å². The van der Waals surface area contributed by atoms with E-state index in [0.29, 0.717) is 16.7 Å². The number of carbonyl (C=O) groups excluding carboxylic acids is 1. The predicted molar refractivity (Wildman–Crippen MR) is 172 cm³/mol. The van der Waals surface area contributed by atoms with E-state index in [1.165, 1.54) is 22.5 Å². The molecule has 2 unspecified atom stereocenters. The third-order valence-electron chi connectivity index (χ3n) is 7.69. The van der Waals surface area contributed by atoms with E-state index in [9.17, 15) is 9.90 Å². The van der Waals surface area contributed by atoms with Crippen LogP contribution in [-0.4, -0.2) is 44.1 Å². The summed E-state index contributed by atoms with van der Waals surface area (Å²) in [6.07, 6.45) is 8.99. The second-order valence-electron chi connectivity index (χ2n) is 12.0. The van der Waals surface area contributed by atoms with E-state index in [0.717, 1.165) is 51.0 Å². The molecule has 1 amide bonds. The Morgan fingerprint density at radius 1 is 1.12 bits per heavy atom. The molecule has 0 saturated heterocycles. The van der Waals surface area contributed by atoms with Crippen LogP contribution in [0, 0.1) is 18.8 Å². The van der Waals surface area contributed by atoms with Crippen LogP contribution in [0.2, 0.25) is 0 Å². The van der Waals surface area contributed by atoms with Crippen LogP contribution in [0.4, 0.5) is 0 Å². The van der Waals surface area contributed by atoms with Gasteiger partial charge in [-0.3, -0.25) is 4.79 Å². The molecule has 0 aliphatic carbocycles. The van der Waals surface area contributed by atoms with Crippen LogP contribution in [0.5, 0.6) is 0 Å². The lowest BCUT2D eigenvalue weighted by atomic mass is 9.83. The summed E-state index contributed by atoms with van der Waals surface area (Å²) in [6.45, 7) is 15.0. The van der Waals surface area contributed by atoms with Gasteiger partial charge in [0.25, 0.3) is 5.91 Å². The number of carbonyl (C=O) groups is 1. The minimum Gasteiger partial charge on any atom is -0.394 e. The highest BCUT2D eigenvalue weighted by molar-refractivity contribution is 7.99. The number of hydrogen-bond acceptors (Lipinski definition) is 7. The van der Waals surface area contributed by atoms with Gasteiger partial charge < -0.3 is 10.4 Å². The Morgan fingerprint density at radius 3 is 2.44 bits per heavy atom. The van der Waals surface area contributed by atoms with Gasteiger partial charge in [0.05, 0.1) is 35.2 Å². The lowest BCUT2D eigenvalue weighted by molar-refractivity contribution is 0.0920. The van der Waals surface area contributed by atoms with Crippen molar-refractivity contribution in [2.75, 3.05) is 18.1 Å². The second kappa shape index (κ2) is 13.4. The van der Waals surface area contributed by atoms with Crippen molar-refractivity contribution in [2.24, 2.45) is 11.8 Å². The van der Waals surface area contributed by atoms with Gasteiger partial charge in [0.1, 0.15) is 11.2 Å². The lowest BCUT2D eigenvalue weighted by Crippen LogP contribution is -2.30. The van der Waals surface area contributed by atoms with E-state index in [2.05, 4.69) is 80.9 Å². The number of aliphatic hydroxyl groups is 1. The number of thioether (sulfide) groups is 1. The van der Waals surface area contributed by atoms with Crippen molar-refractivity contribution in [3.8, 4) is 11.3 Å². The summed E-state index contributed by atoms with van der Waals surface area (Å²) < 4.78 is 0. The molecule has 1 aliphatic rings. The first-order valence-corrected chi connectivity index (χ1v) is 16.3. The van der Waals surface area contributed by atoms with E-state index in [1.54, 1.807) is 12.5 Å². The van der Waals surface area contributed by atoms with Gasteiger partial charge in [0.2, 0.25) is 0 Å². The van der Waals surface area contributed by atoms with E-state index in [1.807, 2.05) is 36.0 Å². The average Bonchev–Trinajstić information content (AvgIpc) is 3.47. The highest BCUT2D eigenvalue weighted by Crippen LogP contribution is 2.34. The molecule has 3 aromatic rings. The average molecular weight is 591 g/mol. The quantitative estimate of drug-likeness (QED) is 0.270. The maximum absolute atomic E-state index is 12.9. The molecule has 8 heteroatoms. The number of nitrogens with zero attached hydrogens (tertiary/aromatic N) is 3. The standard InChI is InChI=1S/C33H42N4O2S2/c1-20(2)21(3)26(23-12-14-40-15-13-23)16-27-22(4)30(36-19-35-27)25-10-8-24(9-11-25)28(18-38)37-31(39)29-17-34-32(41-29)33(5,6)7/h8-12,16-17,19-21,28,38H,13-15,18H2,1-7H3,(H,37,39)/b26-16+. The van der Waals surface area contributed by atoms with Crippen LogP contribution < -0.4 is 5.32 Å². The van der Waals surface area contributed by atoms with Crippen LogP contribution in [-0.2, 0) is 5.41 Å². The molecule has 0 saturated carbocycles. The zero-order chi connectivity index (χ0) is 29.7. The number of aromatic nitrogens is 3. The summed E-state index contributed by atoms with van der Waals surface area (Å²) in [7, 11) is 0. The summed E-state index contributed by atoms with van der Waals surface area (Å²) in [6, 6.07) is 7.35. The van der Waals surface area contributed by atoms with Gasteiger partial charge in [-0.2, -0.15) is 11.8 Å². The normalized spacial score (nSPS) is 15.9. The molecule has 3 heterocycles. The number of amides is 1. The molecule has 0 radical (unpaired) electrons. The summed E-state index contributed by atoms with van der Waals surface area (Å²) >= 11 is 3.37. The maximum Gasteiger partial charge on any atom is 0.263 e. The fourth-order valence-corrected chi connectivity index (χ4v) is 6.50. The molecule has 1 aromatic carbocycles. The fraction of sp³-hybridized carbons (Fsp3) is 0.455. The summed E-state index contributed by atoms with van der Waals surface area (Å²) in [5, 5.41) is 14.0. The minimum atomic E-state index is -0.524. The molecule has 2 atom stereocenters. The first-order chi connectivity index (χ1) is 19.5. The van der Waals surface area contributed by atoms with Crippen molar-refractivity contribution in [1.82, 2.24) is 20.3 Å². The summed E-state index contributed by atoms with van der Waals surface area (Å²) in [4.78, 5) is 27.2. The molecule has 218 valence electrons. The van der Waals surface area contributed by atoms with Crippen LogP contribution in [0.15, 0.2) is 54.0 Å². The Labute approximate surface area is 252 Å². The van der Waals surface area contributed by atoms with Crippen LogP contribution >= 0.6 is 23.1 Å². The van der Waals surface area contributed by atoms with Gasteiger partial charge in [0.15, 0.2) is 0 Å². The molecule has 1 aliphatic heterocycles.